The van der Waals surface area contributed by atoms with Crippen LogP contribution in [0.2, 0.25) is 0 Å². The standard InChI is InChI=1S/C18H19F3N4O3/c1-17(2,3)28-12-8-9-23-15(13(12)14(22)25-16(26)27)24-11-6-4-10(5-7-11)18(19,20)21/h4-9H,1-3H3,(H2,22,25)(H,23,24)(H,26,27). The Morgan fingerprint density at radius 2 is 1.75 bits per heavy atom. The van der Waals surface area contributed by atoms with Crippen LogP contribution in [0, 0.1) is 5.41 Å². The molecule has 1 aromatic heterocycles. The lowest BCUT2D eigenvalue weighted by Crippen LogP contribution is -2.31. The van der Waals surface area contributed by atoms with Gasteiger partial charge in [-0.2, -0.15) is 13.2 Å². The Labute approximate surface area is 159 Å². The first-order valence-corrected chi connectivity index (χ1v) is 8.08. The molecule has 0 atom stereocenters. The number of nitrogens with zero attached hydrogens (tertiary/aromatic N) is 1. The van der Waals surface area contributed by atoms with Gasteiger partial charge in [0.2, 0.25) is 0 Å². The van der Waals surface area contributed by atoms with E-state index < -0.39 is 29.3 Å². The molecular formula is C18H19F3N4O3. The maximum Gasteiger partial charge on any atom is 0.416 e. The monoisotopic (exact) mass is 396 g/mol. The van der Waals surface area contributed by atoms with E-state index in [-0.39, 0.29) is 22.8 Å². The van der Waals surface area contributed by atoms with Crippen LogP contribution >= 0.6 is 0 Å². The third kappa shape index (κ3) is 5.60. The summed E-state index contributed by atoms with van der Waals surface area (Å²) in [4.78, 5) is 15.0. The van der Waals surface area contributed by atoms with Gasteiger partial charge in [-0.1, -0.05) is 0 Å². The van der Waals surface area contributed by atoms with Gasteiger partial charge in [0.25, 0.3) is 0 Å². The highest BCUT2D eigenvalue weighted by atomic mass is 19.4. The van der Waals surface area contributed by atoms with Gasteiger partial charge >= 0.3 is 12.3 Å². The fraction of sp³-hybridized carbons (Fsp3) is 0.278. The number of rotatable bonds is 4. The Morgan fingerprint density at radius 1 is 1.14 bits per heavy atom. The summed E-state index contributed by atoms with van der Waals surface area (Å²) in [5.74, 6) is -0.245. The van der Waals surface area contributed by atoms with Crippen molar-refractivity contribution in [1.82, 2.24) is 10.3 Å². The number of pyridine rings is 1. The fourth-order valence-corrected chi connectivity index (χ4v) is 2.24. The third-order valence-corrected chi connectivity index (χ3v) is 3.29. The van der Waals surface area contributed by atoms with Crippen LogP contribution in [-0.2, 0) is 6.18 Å². The van der Waals surface area contributed by atoms with E-state index in [1.165, 1.54) is 24.4 Å². The Balaban J connectivity index is 2.43. The average molecular weight is 396 g/mol. The molecule has 1 aromatic carbocycles. The second-order valence-electron chi connectivity index (χ2n) is 6.75. The number of amidine groups is 1. The number of benzene rings is 1. The summed E-state index contributed by atoms with van der Waals surface area (Å²) in [6.07, 6.45) is -4.53. The molecule has 1 amide bonds. The second kappa shape index (κ2) is 7.75. The van der Waals surface area contributed by atoms with Crippen molar-refractivity contribution in [2.75, 3.05) is 5.32 Å². The van der Waals surface area contributed by atoms with Gasteiger partial charge in [0, 0.05) is 11.9 Å². The molecule has 0 radical (unpaired) electrons. The van der Waals surface area contributed by atoms with Crippen molar-refractivity contribution in [3.63, 3.8) is 0 Å². The highest BCUT2D eigenvalue weighted by Gasteiger charge is 2.30. The smallest absolute Gasteiger partial charge is 0.416 e. The van der Waals surface area contributed by atoms with E-state index in [4.69, 9.17) is 15.3 Å². The number of amides is 1. The van der Waals surface area contributed by atoms with Crippen molar-refractivity contribution in [2.45, 2.75) is 32.5 Å². The van der Waals surface area contributed by atoms with E-state index in [0.717, 1.165) is 12.1 Å². The van der Waals surface area contributed by atoms with Crippen molar-refractivity contribution in [2.24, 2.45) is 0 Å². The molecule has 2 rings (SSSR count). The summed E-state index contributed by atoms with van der Waals surface area (Å²) in [6, 6.07) is 5.69. The largest absolute Gasteiger partial charge is 0.487 e. The van der Waals surface area contributed by atoms with Gasteiger partial charge in [-0.15, -0.1) is 0 Å². The summed E-state index contributed by atoms with van der Waals surface area (Å²) in [5, 5.41) is 21.7. The number of nitrogens with one attached hydrogen (secondary N) is 3. The Kier molecular flexibility index (Phi) is 5.81. The van der Waals surface area contributed by atoms with E-state index in [0.29, 0.717) is 0 Å². The summed E-state index contributed by atoms with van der Waals surface area (Å²) in [7, 11) is 0. The molecule has 0 aliphatic carbocycles. The van der Waals surface area contributed by atoms with Gasteiger partial charge in [0.05, 0.1) is 5.56 Å². The van der Waals surface area contributed by atoms with Gasteiger partial charge in [0.15, 0.2) is 0 Å². The molecule has 0 unspecified atom stereocenters. The predicted octanol–water partition coefficient (Wildman–Crippen LogP) is 4.61. The van der Waals surface area contributed by atoms with Crippen LogP contribution < -0.4 is 15.4 Å². The first-order chi connectivity index (χ1) is 12.9. The number of anilines is 2. The molecule has 4 N–H and O–H groups in total. The number of alkyl halides is 3. The Morgan fingerprint density at radius 3 is 2.25 bits per heavy atom. The van der Waals surface area contributed by atoms with Crippen LogP contribution in [0.25, 0.3) is 0 Å². The van der Waals surface area contributed by atoms with E-state index in [1.54, 1.807) is 20.8 Å². The third-order valence-electron chi connectivity index (χ3n) is 3.29. The molecule has 150 valence electrons. The molecule has 1 heterocycles. The molecule has 10 heteroatoms. The lowest BCUT2D eigenvalue weighted by molar-refractivity contribution is -0.137. The zero-order valence-electron chi connectivity index (χ0n) is 15.3. The summed E-state index contributed by atoms with van der Waals surface area (Å²) in [5.41, 5.74) is -1.15. The molecule has 0 aliphatic heterocycles. The van der Waals surface area contributed by atoms with E-state index in [2.05, 4.69) is 10.3 Å². The van der Waals surface area contributed by atoms with Gasteiger partial charge in [-0.05, 0) is 51.1 Å². The van der Waals surface area contributed by atoms with E-state index in [1.807, 2.05) is 5.32 Å². The van der Waals surface area contributed by atoms with Crippen LogP contribution in [0.15, 0.2) is 36.5 Å². The zero-order chi connectivity index (χ0) is 21.1. The normalized spacial score (nSPS) is 11.6. The molecular weight excluding hydrogens is 377 g/mol. The molecule has 0 bridgehead atoms. The van der Waals surface area contributed by atoms with E-state index in [9.17, 15) is 18.0 Å². The number of halogens is 3. The minimum atomic E-state index is -4.46. The minimum absolute atomic E-state index is 0.0275. The van der Waals surface area contributed by atoms with Crippen molar-refractivity contribution in [3.8, 4) is 5.75 Å². The molecule has 0 fully saturated rings. The zero-order valence-corrected chi connectivity index (χ0v) is 15.3. The lowest BCUT2D eigenvalue weighted by atomic mass is 10.1. The molecule has 28 heavy (non-hydrogen) atoms. The van der Waals surface area contributed by atoms with Crippen molar-refractivity contribution >= 4 is 23.4 Å². The maximum atomic E-state index is 12.7. The number of ether oxygens (including phenoxy) is 1. The first-order valence-electron chi connectivity index (χ1n) is 8.08. The van der Waals surface area contributed by atoms with Crippen LogP contribution in [0.5, 0.6) is 5.75 Å². The second-order valence-corrected chi connectivity index (χ2v) is 6.75. The topological polar surface area (TPSA) is 107 Å². The number of hydrogen-bond acceptors (Lipinski definition) is 5. The first kappa shape index (κ1) is 21.0. The van der Waals surface area contributed by atoms with Crippen LogP contribution in [0.1, 0.15) is 31.9 Å². The molecule has 0 spiro atoms. The number of carboxylic acid groups (broad SMARTS) is 1. The van der Waals surface area contributed by atoms with E-state index >= 15 is 0 Å². The highest BCUT2D eigenvalue weighted by molar-refractivity contribution is 6.09. The van der Waals surface area contributed by atoms with Crippen LogP contribution in [-0.4, -0.2) is 27.6 Å². The molecule has 2 aromatic rings. The average Bonchev–Trinajstić information content (AvgIpc) is 2.52. The lowest BCUT2D eigenvalue weighted by Gasteiger charge is -2.24. The molecule has 0 aliphatic rings. The van der Waals surface area contributed by atoms with Gasteiger partial charge in [-0.25, -0.2) is 9.78 Å². The summed E-state index contributed by atoms with van der Waals surface area (Å²) in [6.45, 7) is 5.32. The molecule has 0 saturated carbocycles. The summed E-state index contributed by atoms with van der Waals surface area (Å²) >= 11 is 0. The van der Waals surface area contributed by atoms with Crippen LogP contribution in [0.4, 0.5) is 29.5 Å². The van der Waals surface area contributed by atoms with Crippen molar-refractivity contribution < 1.29 is 27.8 Å². The Bertz CT molecular complexity index is 875. The maximum absolute atomic E-state index is 12.7. The van der Waals surface area contributed by atoms with Crippen molar-refractivity contribution in [1.29, 1.82) is 5.41 Å². The molecule has 7 nitrogen and oxygen atoms in total. The number of hydrogen-bond donors (Lipinski definition) is 4. The van der Waals surface area contributed by atoms with Gasteiger partial charge in [-0.3, -0.25) is 10.7 Å². The van der Waals surface area contributed by atoms with Crippen LogP contribution in [0.3, 0.4) is 0 Å². The van der Waals surface area contributed by atoms with Crippen molar-refractivity contribution in [3.05, 3.63) is 47.7 Å². The number of carbonyl (C=O) groups is 1. The predicted molar refractivity (Wildman–Crippen MR) is 97.3 cm³/mol. The highest BCUT2D eigenvalue weighted by Crippen LogP contribution is 2.32. The Hall–Kier alpha value is -3.30. The minimum Gasteiger partial charge on any atom is -0.487 e. The summed E-state index contributed by atoms with van der Waals surface area (Å²) < 4.78 is 43.9. The quantitative estimate of drug-likeness (QED) is 0.446. The molecule has 0 saturated heterocycles. The fourth-order valence-electron chi connectivity index (χ4n) is 2.24. The van der Waals surface area contributed by atoms with Gasteiger partial charge in [0.1, 0.15) is 28.6 Å². The van der Waals surface area contributed by atoms with Gasteiger partial charge < -0.3 is 15.2 Å². The number of aromatic nitrogens is 1. The SMILES string of the molecule is CC(C)(C)Oc1ccnc(Nc2ccc(C(F)(F)F)cc2)c1C(=N)NC(=O)O.